The maximum atomic E-state index is 14.0. The summed E-state index contributed by atoms with van der Waals surface area (Å²) in [6.45, 7) is 0.937. The van der Waals surface area contributed by atoms with Crippen molar-refractivity contribution in [2.24, 2.45) is 5.73 Å². The smallest absolute Gasteiger partial charge is 0.366 e. The Morgan fingerprint density at radius 3 is 2.48 bits per heavy atom. The third kappa shape index (κ3) is 3.04. The summed E-state index contributed by atoms with van der Waals surface area (Å²) in [6, 6.07) is 1.57. The minimum absolute atomic E-state index is 0.296. The fourth-order valence-electron chi connectivity index (χ4n) is 1.88. The quantitative estimate of drug-likeness (QED) is 0.846. The van der Waals surface area contributed by atoms with Crippen LogP contribution in [0.5, 0.6) is 0 Å². The lowest BCUT2D eigenvalue weighted by molar-refractivity contribution is -0.138. The number of benzene rings is 1. The van der Waals surface area contributed by atoms with Gasteiger partial charge in [-0.05, 0) is 19.1 Å². The second-order valence-corrected chi connectivity index (χ2v) is 4.95. The van der Waals surface area contributed by atoms with Gasteiger partial charge in [-0.15, -0.1) is 0 Å². The topological polar surface area (TPSA) is 78.0 Å². The molecule has 1 amide bonds. The van der Waals surface area contributed by atoms with Gasteiger partial charge in [0, 0.05) is 5.56 Å². The summed E-state index contributed by atoms with van der Waals surface area (Å²) in [6.07, 6.45) is -4.37. The number of nitrogens with two attached hydrogens (primary N) is 1. The average Bonchev–Trinajstić information content (AvgIpc) is 2.40. The van der Waals surface area contributed by atoms with Gasteiger partial charge < -0.3 is 5.73 Å². The first-order valence-electron chi connectivity index (χ1n) is 5.99. The monoisotopic (exact) mass is 349 g/mol. The largest absolute Gasteiger partial charge is 0.418 e. The van der Waals surface area contributed by atoms with Crippen LogP contribution in [0.25, 0.3) is 5.69 Å². The van der Waals surface area contributed by atoms with E-state index in [1.165, 1.54) is 0 Å². The van der Waals surface area contributed by atoms with Crippen LogP contribution >= 0.6 is 11.6 Å². The number of aromatic nitrogens is 2. The maximum Gasteiger partial charge on any atom is 0.418 e. The van der Waals surface area contributed by atoms with Crippen LogP contribution in [0.2, 0.25) is 5.02 Å². The summed E-state index contributed by atoms with van der Waals surface area (Å²) >= 11 is 5.64. The second-order valence-electron chi connectivity index (χ2n) is 4.55. The van der Waals surface area contributed by atoms with E-state index in [0.717, 1.165) is 19.1 Å². The van der Waals surface area contributed by atoms with Crippen LogP contribution in [0.3, 0.4) is 0 Å². The molecule has 2 rings (SSSR count). The molecule has 1 heterocycles. The Kier molecular flexibility index (Phi) is 4.16. The zero-order valence-corrected chi connectivity index (χ0v) is 12.2. The van der Waals surface area contributed by atoms with E-state index in [1.54, 1.807) is 0 Å². The predicted octanol–water partition coefficient (Wildman–Crippen LogP) is 2.45. The third-order valence-electron chi connectivity index (χ3n) is 3.06. The molecule has 1 aromatic carbocycles. The van der Waals surface area contributed by atoms with Crippen LogP contribution in [0.4, 0.5) is 17.6 Å². The van der Waals surface area contributed by atoms with Gasteiger partial charge >= 0.3 is 6.18 Å². The third-order valence-corrected chi connectivity index (χ3v) is 3.37. The molecule has 23 heavy (non-hydrogen) atoms. The lowest BCUT2D eigenvalue weighted by atomic mass is 10.1. The molecule has 0 saturated heterocycles. The highest BCUT2D eigenvalue weighted by Gasteiger charge is 2.34. The van der Waals surface area contributed by atoms with Crippen molar-refractivity contribution in [1.29, 1.82) is 0 Å². The van der Waals surface area contributed by atoms with Crippen molar-refractivity contribution < 1.29 is 22.4 Å². The molecular formula is C13H8ClF4N3O2. The summed E-state index contributed by atoms with van der Waals surface area (Å²) in [7, 11) is 0. The predicted molar refractivity (Wildman–Crippen MR) is 73.1 cm³/mol. The van der Waals surface area contributed by atoms with Gasteiger partial charge in [0.1, 0.15) is 5.69 Å². The van der Waals surface area contributed by atoms with Gasteiger partial charge in [-0.1, -0.05) is 11.6 Å². The van der Waals surface area contributed by atoms with E-state index in [2.05, 4.69) is 5.10 Å². The number of rotatable bonds is 2. The first kappa shape index (κ1) is 16.9. The van der Waals surface area contributed by atoms with Gasteiger partial charge in [0.25, 0.3) is 5.56 Å². The molecule has 0 fully saturated rings. The van der Waals surface area contributed by atoms with Gasteiger partial charge in [0.15, 0.2) is 5.82 Å². The average molecular weight is 350 g/mol. The molecule has 2 N–H and O–H groups in total. The van der Waals surface area contributed by atoms with E-state index in [-0.39, 0.29) is 10.6 Å². The Morgan fingerprint density at radius 1 is 1.35 bits per heavy atom. The first-order valence-corrected chi connectivity index (χ1v) is 6.37. The van der Waals surface area contributed by atoms with E-state index >= 15 is 0 Å². The normalized spacial score (nSPS) is 11.6. The van der Waals surface area contributed by atoms with Gasteiger partial charge in [0.05, 0.1) is 22.3 Å². The van der Waals surface area contributed by atoms with Crippen LogP contribution in [0.1, 0.15) is 21.5 Å². The number of carbonyl (C=O) groups is 1. The van der Waals surface area contributed by atoms with Crippen LogP contribution in [-0.2, 0) is 6.18 Å². The number of hydrogen-bond acceptors (Lipinski definition) is 3. The Hall–Kier alpha value is -2.42. The summed E-state index contributed by atoms with van der Waals surface area (Å²) in [4.78, 5) is 23.3. The molecule has 5 nitrogen and oxygen atoms in total. The van der Waals surface area contributed by atoms with Gasteiger partial charge in [-0.25, -0.2) is 4.39 Å². The first-order chi connectivity index (χ1) is 10.5. The number of alkyl halides is 3. The van der Waals surface area contributed by atoms with Crippen molar-refractivity contribution in [3.8, 4) is 5.69 Å². The van der Waals surface area contributed by atoms with Crippen LogP contribution in [-0.4, -0.2) is 15.7 Å². The van der Waals surface area contributed by atoms with E-state index < -0.39 is 40.3 Å². The zero-order valence-electron chi connectivity index (χ0n) is 11.4. The van der Waals surface area contributed by atoms with Crippen molar-refractivity contribution in [2.45, 2.75) is 13.1 Å². The second kappa shape index (κ2) is 5.65. The Bertz CT molecular complexity index is 862. The van der Waals surface area contributed by atoms with Gasteiger partial charge in [-0.2, -0.15) is 23.0 Å². The molecule has 122 valence electrons. The fraction of sp³-hybridized carbons (Fsp3) is 0.154. The van der Waals surface area contributed by atoms with Crippen molar-refractivity contribution in [1.82, 2.24) is 9.78 Å². The molecule has 0 aliphatic carbocycles. The van der Waals surface area contributed by atoms with Crippen molar-refractivity contribution >= 4 is 17.5 Å². The molecule has 1 aromatic heterocycles. The Labute approximate surface area is 131 Å². The van der Waals surface area contributed by atoms with Crippen molar-refractivity contribution in [2.75, 3.05) is 0 Å². The van der Waals surface area contributed by atoms with Crippen LogP contribution in [0, 0.1) is 12.7 Å². The highest BCUT2D eigenvalue weighted by Crippen LogP contribution is 2.30. The lowest BCUT2D eigenvalue weighted by Gasteiger charge is -2.13. The molecule has 2 aromatic rings. The number of amides is 1. The van der Waals surface area contributed by atoms with Crippen molar-refractivity contribution in [3.63, 3.8) is 0 Å². The minimum Gasteiger partial charge on any atom is -0.366 e. The fourth-order valence-corrected chi connectivity index (χ4v) is 2.13. The lowest BCUT2D eigenvalue weighted by Crippen LogP contribution is -2.28. The van der Waals surface area contributed by atoms with E-state index in [0.29, 0.717) is 10.9 Å². The molecule has 0 spiro atoms. The number of primary amides is 1. The molecule has 0 aliphatic rings. The number of halogens is 5. The summed E-state index contributed by atoms with van der Waals surface area (Å²) < 4.78 is 52.5. The summed E-state index contributed by atoms with van der Waals surface area (Å²) in [5.41, 5.74) is 1.14. The minimum atomic E-state index is -4.77. The summed E-state index contributed by atoms with van der Waals surface area (Å²) in [5, 5.41) is 3.02. The molecule has 0 bridgehead atoms. The summed E-state index contributed by atoms with van der Waals surface area (Å²) in [5.74, 6) is -2.04. The number of nitrogens with zero attached hydrogens (tertiary/aromatic N) is 2. The maximum absolute atomic E-state index is 14.0. The molecule has 0 saturated carbocycles. The molecular weight excluding hydrogens is 342 g/mol. The highest BCUT2D eigenvalue weighted by atomic mass is 35.5. The van der Waals surface area contributed by atoms with Crippen LogP contribution < -0.4 is 11.3 Å². The molecule has 0 aliphatic heterocycles. The van der Waals surface area contributed by atoms with E-state index in [9.17, 15) is 27.2 Å². The van der Waals surface area contributed by atoms with Crippen molar-refractivity contribution in [3.05, 3.63) is 56.2 Å². The zero-order chi connectivity index (χ0) is 17.5. The molecule has 10 heteroatoms. The van der Waals surface area contributed by atoms with Crippen LogP contribution in [0.15, 0.2) is 23.1 Å². The van der Waals surface area contributed by atoms with Gasteiger partial charge in [0.2, 0.25) is 5.91 Å². The molecule has 0 unspecified atom stereocenters. The molecule has 0 radical (unpaired) electrons. The SMILES string of the molecule is Cc1c(C(F)(F)F)cnn(-c2cc(C(N)=O)c(Cl)cc2F)c1=O. The number of carbonyl (C=O) groups excluding carboxylic acids is 1. The van der Waals surface area contributed by atoms with Gasteiger partial charge in [-0.3, -0.25) is 9.59 Å². The molecule has 0 atom stereocenters. The van der Waals surface area contributed by atoms with E-state index in [4.69, 9.17) is 17.3 Å². The standard InChI is InChI=1S/C13H8ClF4N3O2/c1-5-7(13(16,17)18)4-20-21(12(5)23)10-2-6(11(19)22)8(14)3-9(10)15/h2-4H,1H3,(H2,19,22). The van der Waals surface area contributed by atoms with E-state index in [1.807, 2.05) is 0 Å². The number of hydrogen-bond donors (Lipinski definition) is 1. The highest BCUT2D eigenvalue weighted by molar-refractivity contribution is 6.33. The Balaban J connectivity index is 2.74. The Morgan fingerprint density at radius 2 is 1.96 bits per heavy atom.